The van der Waals surface area contributed by atoms with Gasteiger partial charge in [-0.25, -0.2) is 0 Å². The van der Waals surface area contributed by atoms with E-state index in [9.17, 15) is 9.90 Å². The van der Waals surface area contributed by atoms with Crippen molar-refractivity contribution in [1.82, 2.24) is 9.88 Å². The van der Waals surface area contributed by atoms with Gasteiger partial charge in [-0.2, -0.15) is 0 Å². The Morgan fingerprint density at radius 1 is 1.30 bits per heavy atom. The fourth-order valence-electron chi connectivity index (χ4n) is 2.06. The predicted octanol–water partition coefficient (Wildman–Crippen LogP) is 2.37. The van der Waals surface area contributed by atoms with Crippen molar-refractivity contribution in [3.63, 3.8) is 0 Å². The predicted molar refractivity (Wildman–Crippen MR) is 79.0 cm³/mol. The Labute approximate surface area is 119 Å². The number of benzene rings is 1. The third-order valence-electron chi connectivity index (χ3n) is 3.13. The third kappa shape index (κ3) is 3.71. The van der Waals surface area contributed by atoms with Crippen LogP contribution >= 0.6 is 0 Å². The van der Waals surface area contributed by atoms with Crippen molar-refractivity contribution < 1.29 is 9.90 Å². The highest BCUT2D eigenvalue weighted by Crippen LogP contribution is 2.11. The van der Waals surface area contributed by atoms with E-state index in [1.54, 1.807) is 6.07 Å². The first kappa shape index (κ1) is 14.3. The van der Waals surface area contributed by atoms with E-state index in [1.807, 2.05) is 54.2 Å². The fourth-order valence-corrected chi connectivity index (χ4v) is 2.06. The highest BCUT2D eigenvalue weighted by molar-refractivity contribution is 5.94. The van der Waals surface area contributed by atoms with E-state index < -0.39 is 6.10 Å². The maximum atomic E-state index is 12.0. The summed E-state index contributed by atoms with van der Waals surface area (Å²) >= 11 is 0. The van der Waals surface area contributed by atoms with Crippen LogP contribution in [-0.2, 0) is 0 Å². The normalized spacial score (nSPS) is 12.1. The molecule has 0 fully saturated rings. The minimum absolute atomic E-state index is 0.158. The highest BCUT2D eigenvalue weighted by Gasteiger charge is 2.09. The van der Waals surface area contributed by atoms with Crippen molar-refractivity contribution in [3.8, 4) is 5.69 Å². The second kappa shape index (κ2) is 6.91. The first-order valence-corrected chi connectivity index (χ1v) is 6.90. The lowest BCUT2D eigenvalue weighted by Crippen LogP contribution is -2.32. The topological polar surface area (TPSA) is 54.3 Å². The highest BCUT2D eigenvalue weighted by atomic mass is 16.3. The Morgan fingerprint density at radius 3 is 2.75 bits per heavy atom. The average molecular weight is 272 g/mol. The van der Waals surface area contributed by atoms with Crippen LogP contribution in [0, 0.1) is 0 Å². The lowest BCUT2D eigenvalue weighted by Gasteiger charge is -2.11. The van der Waals surface area contributed by atoms with E-state index in [1.165, 1.54) is 0 Å². The van der Waals surface area contributed by atoms with Crippen LogP contribution in [-0.4, -0.2) is 28.2 Å². The molecule has 1 aromatic carbocycles. The van der Waals surface area contributed by atoms with Crippen LogP contribution in [0.2, 0.25) is 0 Å². The molecule has 2 N–H and O–H groups in total. The Morgan fingerprint density at radius 2 is 2.05 bits per heavy atom. The summed E-state index contributed by atoms with van der Waals surface area (Å²) in [6.07, 6.45) is 4.99. The molecule has 4 heteroatoms. The maximum absolute atomic E-state index is 12.0. The Hall–Kier alpha value is -2.07. The molecule has 0 spiro atoms. The van der Waals surface area contributed by atoms with E-state index in [2.05, 4.69) is 5.32 Å². The number of aliphatic hydroxyl groups excluding tert-OH is 1. The van der Waals surface area contributed by atoms with Gasteiger partial charge in [-0.1, -0.05) is 19.4 Å². The number of aromatic nitrogens is 1. The molecule has 0 saturated carbocycles. The van der Waals surface area contributed by atoms with Crippen LogP contribution in [0.5, 0.6) is 0 Å². The van der Waals surface area contributed by atoms with Gasteiger partial charge in [0.25, 0.3) is 5.91 Å². The smallest absolute Gasteiger partial charge is 0.251 e. The molecule has 1 amide bonds. The molecular formula is C16H20N2O2. The molecule has 1 heterocycles. The van der Waals surface area contributed by atoms with Crippen molar-refractivity contribution in [2.24, 2.45) is 0 Å². The second-order valence-corrected chi connectivity index (χ2v) is 4.79. The number of nitrogens with one attached hydrogen (secondary N) is 1. The van der Waals surface area contributed by atoms with E-state index >= 15 is 0 Å². The van der Waals surface area contributed by atoms with Gasteiger partial charge in [-0.15, -0.1) is 0 Å². The van der Waals surface area contributed by atoms with Gasteiger partial charge < -0.3 is 15.0 Å². The van der Waals surface area contributed by atoms with Crippen molar-refractivity contribution in [2.45, 2.75) is 25.9 Å². The maximum Gasteiger partial charge on any atom is 0.251 e. The number of aliphatic hydroxyl groups is 1. The number of amides is 1. The van der Waals surface area contributed by atoms with Crippen LogP contribution in [0.15, 0.2) is 48.8 Å². The minimum atomic E-state index is -0.475. The molecule has 0 radical (unpaired) electrons. The van der Waals surface area contributed by atoms with Crippen molar-refractivity contribution in [1.29, 1.82) is 0 Å². The Bertz CT molecular complexity index is 549. The molecule has 20 heavy (non-hydrogen) atoms. The zero-order valence-electron chi connectivity index (χ0n) is 11.6. The van der Waals surface area contributed by atoms with Gasteiger partial charge in [-0.05, 0) is 36.8 Å². The summed E-state index contributed by atoms with van der Waals surface area (Å²) in [5.41, 5.74) is 1.54. The molecule has 2 aromatic rings. The molecule has 2 rings (SSSR count). The van der Waals surface area contributed by atoms with Gasteiger partial charge in [0.05, 0.1) is 6.10 Å². The average Bonchev–Trinajstić information content (AvgIpc) is 2.99. The quantitative estimate of drug-likeness (QED) is 0.848. The molecule has 106 valence electrons. The second-order valence-electron chi connectivity index (χ2n) is 4.79. The lowest BCUT2D eigenvalue weighted by molar-refractivity contribution is 0.0910. The zero-order chi connectivity index (χ0) is 14.4. The first-order valence-electron chi connectivity index (χ1n) is 6.90. The summed E-state index contributed by atoms with van der Waals surface area (Å²) in [5.74, 6) is -0.158. The lowest BCUT2D eigenvalue weighted by atomic mass is 10.1. The summed E-state index contributed by atoms with van der Waals surface area (Å²) in [4.78, 5) is 12.0. The molecule has 4 nitrogen and oxygen atoms in total. The fraction of sp³-hybridized carbons (Fsp3) is 0.312. The number of carbonyl (C=O) groups is 1. The summed E-state index contributed by atoms with van der Waals surface area (Å²) in [7, 11) is 0. The van der Waals surface area contributed by atoms with Crippen LogP contribution in [0.25, 0.3) is 5.69 Å². The molecule has 1 unspecified atom stereocenters. The Kier molecular flexibility index (Phi) is 4.96. The van der Waals surface area contributed by atoms with Gasteiger partial charge in [0, 0.05) is 30.2 Å². The first-order chi connectivity index (χ1) is 9.70. The van der Waals surface area contributed by atoms with Crippen LogP contribution in [0.3, 0.4) is 0 Å². The summed E-state index contributed by atoms with van der Waals surface area (Å²) in [6, 6.07) is 11.3. The van der Waals surface area contributed by atoms with Crippen molar-refractivity contribution >= 4 is 5.91 Å². The Balaban J connectivity index is 2.02. The number of hydrogen-bond donors (Lipinski definition) is 2. The van der Waals surface area contributed by atoms with E-state index in [0.29, 0.717) is 18.5 Å². The van der Waals surface area contributed by atoms with Crippen molar-refractivity contribution in [3.05, 3.63) is 54.4 Å². The van der Waals surface area contributed by atoms with E-state index in [0.717, 1.165) is 12.1 Å². The number of nitrogens with zero attached hydrogens (tertiary/aromatic N) is 1. The van der Waals surface area contributed by atoms with Gasteiger partial charge >= 0.3 is 0 Å². The molecule has 0 bridgehead atoms. The van der Waals surface area contributed by atoms with Crippen LogP contribution in [0.4, 0.5) is 0 Å². The molecule has 1 aromatic heterocycles. The van der Waals surface area contributed by atoms with Gasteiger partial charge in [0.15, 0.2) is 0 Å². The number of rotatable bonds is 6. The van der Waals surface area contributed by atoms with E-state index in [-0.39, 0.29) is 5.91 Å². The minimum Gasteiger partial charge on any atom is -0.391 e. The molecule has 0 aliphatic rings. The monoisotopic (exact) mass is 272 g/mol. The largest absolute Gasteiger partial charge is 0.391 e. The van der Waals surface area contributed by atoms with E-state index in [4.69, 9.17) is 0 Å². The standard InChI is InChI=1S/C16H20N2O2/c1-2-6-15(19)12-17-16(20)13-7-5-8-14(11-13)18-9-3-4-10-18/h3-5,7-11,15,19H,2,6,12H2,1H3,(H,17,20). The summed E-state index contributed by atoms with van der Waals surface area (Å²) < 4.78 is 1.95. The van der Waals surface area contributed by atoms with Gasteiger partial charge in [0.1, 0.15) is 0 Å². The van der Waals surface area contributed by atoms with Gasteiger partial charge in [-0.3, -0.25) is 4.79 Å². The molecule has 1 atom stereocenters. The SMILES string of the molecule is CCCC(O)CNC(=O)c1cccc(-n2cccc2)c1. The summed E-state index contributed by atoms with van der Waals surface area (Å²) in [5, 5.41) is 12.4. The molecule has 0 aliphatic carbocycles. The molecule has 0 aliphatic heterocycles. The van der Waals surface area contributed by atoms with Gasteiger partial charge in [0.2, 0.25) is 0 Å². The third-order valence-corrected chi connectivity index (χ3v) is 3.13. The van der Waals surface area contributed by atoms with Crippen molar-refractivity contribution in [2.75, 3.05) is 6.54 Å². The molecular weight excluding hydrogens is 252 g/mol. The number of carbonyl (C=O) groups excluding carboxylic acids is 1. The number of hydrogen-bond acceptors (Lipinski definition) is 2. The summed E-state index contributed by atoms with van der Waals surface area (Å²) in [6.45, 7) is 2.30. The zero-order valence-corrected chi connectivity index (χ0v) is 11.6. The molecule has 0 saturated heterocycles. The van der Waals surface area contributed by atoms with Crippen LogP contribution in [0.1, 0.15) is 30.1 Å². The van der Waals surface area contributed by atoms with Crippen LogP contribution < -0.4 is 5.32 Å².